The molecule has 0 bridgehead atoms. The van der Waals surface area contributed by atoms with Crippen LogP contribution in [-0.2, 0) is 26.2 Å². The van der Waals surface area contributed by atoms with Crippen molar-refractivity contribution in [1.29, 1.82) is 0 Å². The van der Waals surface area contributed by atoms with Crippen LogP contribution in [0.1, 0.15) is 20.8 Å². The molecule has 2 aromatic carbocycles. The maximum Gasteiger partial charge on any atom is 4.00 e. The predicted octanol–water partition coefficient (Wildman–Crippen LogP) is 8.88. The van der Waals surface area contributed by atoms with Crippen LogP contribution in [0.15, 0.2) is 60.7 Å². The topological polar surface area (TPSA) is 28.2 Å². The second-order valence-corrected chi connectivity index (χ2v) is 17.9. The molecular formula is C25H38N2Si2Zr. The van der Waals surface area contributed by atoms with Gasteiger partial charge in [0.15, 0.2) is 0 Å². The van der Waals surface area contributed by atoms with Gasteiger partial charge in [-0.25, -0.2) is 0 Å². The Morgan fingerprint density at radius 3 is 1.27 bits per heavy atom. The maximum absolute atomic E-state index is 5.31. The summed E-state index contributed by atoms with van der Waals surface area (Å²) in [7, 11) is -3.65. The second kappa shape index (κ2) is 10.8. The van der Waals surface area contributed by atoms with E-state index in [0.29, 0.717) is 22.9 Å². The second-order valence-electron chi connectivity index (χ2n) is 9.62. The first-order chi connectivity index (χ1) is 13.1. The Labute approximate surface area is 207 Å². The van der Waals surface area contributed by atoms with Gasteiger partial charge in [0.1, 0.15) is 0 Å². The van der Waals surface area contributed by atoms with Crippen LogP contribution in [0.4, 0.5) is 11.4 Å². The smallest absolute Gasteiger partial charge is 0.688 e. The van der Waals surface area contributed by atoms with E-state index in [1.54, 1.807) is 5.92 Å². The summed E-state index contributed by atoms with van der Waals surface area (Å²) in [6.07, 6.45) is 0. The van der Waals surface area contributed by atoms with Crippen molar-refractivity contribution in [3.8, 4) is 0 Å². The normalized spacial score (nSPS) is 24.5. The summed E-state index contributed by atoms with van der Waals surface area (Å²) in [6.45, 7) is 17.1. The monoisotopic (exact) mass is 512 g/mol. The van der Waals surface area contributed by atoms with Gasteiger partial charge in [-0.1, -0.05) is 129 Å². The van der Waals surface area contributed by atoms with E-state index in [4.69, 9.17) is 9.96 Å². The Morgan fingerprint density at radius 2 is 0.967 bits per heavy atom. The molecule has 0 N–H and O–H groups in total. The molecule has 0 aromatic heterocycles. The quantitative estimate of drug-likeness (QED) is 0.272. The van der Waals surface area contributed by atoms with E-state index in [-0.39, 0.29) is 33.6 Å². The number of hydrogen-bond acceptors (Lipinski definition) is 0. The molecule has 0 radical (unpaired) electrons. The molecule has 30 heavy (non-hydrogen) atoms. The third kappa shape index (κ3) is 5.78. The molecule has 1 aliphatic rings. The van der Waals surface area contributed by atoms with Crippen molar-refractivity contribution in [3.63, 3.8) is 0 Å². The van der Waals surface area contributed by atoms with Crippen LogP contribution in [0.2, 0.25) is 37.3 Å². The van der Waals surface area contributed by atoms with Crippen LogP contribution in [0.3, 0.4) is 0 Å². The van der Waals surface area contributed by atoms with Crippen molar-refractivity contribution in [1.82, 2.24) is 0 Å². The van der Waals surface area contributed by atoms with Crippen LogP contribution in [0, 0.1) is 25.2 Å². The first-order valence-corrected chi connectivity index (χ1v) is 16.6. The summed E-state index contributed by atoms with van der Waals surface area (Å²) >= 11 is 0. The zero-order valence-electron chi connectivity index (χ0n) is 20.0. The molecule has 4 atom stereocenters. The molecule has 4 unspecified atom stereocenters. The number of hydrogen-bond donors (Lipinski definition) is 0. The molecule has 160 valence electrons. The van der Waals surface area contributed by atoms with Crippen LogP contribution in [0.25, 0.3) is 9.96 Å². The number of benzene rings is 2. The molecule has 0 spiro atoms. The molecule has 1 aliphatic carbocycles. The van der Waals surface area contributed by atoms with E-state index >= 15 is 0 Å². The summed E-state index contributed by atoms with van der Waals surface area (Å²) < 4.78 is 0. The third-order valence-electron chi connectivity index (χ3n) is 6.73. The van der Waals surface area contributed by atoms with E-state index in [1.165, 1.54) is 0 Å². The summed E-state index contributed by atoms with van der Waals surface area (Å²) in [5.74, 6) is 3.00. The van der Waals surface area contributed by atoms with Gasteiger partial charge in [0.05, 0.1) is 0 Å². The van der Waals surface area contributed by atoms with Crippen LogP contribution in [0.5, 0.6) is 0 Å². The molecular weight excluding hydrogens is 476 g/mol. The minimum atomic E-state index is -1.82. The molecule has 0 saturated heterocycles. The van der Waals surface area contributed by atoms with Gasteiger partial charge >= 0.3 is 26.2 Å². The average molecular weight is 514 g/mol. The van der Waals surface area contributed by atoms with Gasteiger partial charge in [0.25, 0.3) is 0 Å². The Kier molecular flexibility index (Phi) is 9.85. The van der Waals surface area contributed by atoms with Crippen molar-refractivity contribution < 1.29 is 26.2 Å². The SMILES string of the molecule is C[C-]1C([Si](C)(C)[N-]c2ccccc2)C(C)C(C)C1[Si](C)(C)[N-]c1ccccc1.[CH3-].[Zr+4]. The van der Waals surface area contributed by atoms with Crippen molar-refractivity contribution in [3.05, 3.63) is 84.0 Å². The first kappa shape index (κ1) is 27.4. The molecule has 0 heterocycles. The van der Waals surface area contributed by atoms with E-state index in [1.807, 2.05) is 0 Å². The predicted molar refractivity (Wildman–Crippen MR) is 135 cm³/mol. The van der Waals surface area contributed by atoms with Gasteiger partial charge in [0, 0.05) is 0 Å². The van der Waals surface area contributed by atoms with Gasteiger partial charge < -0.3 is 23.3 Å². The molecule has 0 aliphatic heterocycles. The molecule has 1 saturated carbocycles. The summed E-state index contributed by atoms with van der Waals surface area (Å²) in [6, 6.07) is 21.1. The molecule has 0 amide bonds. The van der Waals surface area contributed by atoms with E-state index in [2.05, 4.69) is 108 Å². The Morgan fingerprint density at radius 1 is 0.667 bits per heavy atom. The molecule has 1 fully saturated rings. The van der Waals surface area contributed by atoms with Crippen LogP contribution >= 0.6 is 0 Å². The molecule has 5 heteroatoms. The summed E-state index contributed by atoms with van der Waals surface area (Å²) in [5.41, 5.74) is 3.51. The average Bonchev–Trinajstić information content (AvgIpc) is 2.86. The zero-order valence-corrected chi connectivity index (χ0v) is 24.4. The van der Waals surface area contributed by atoms with Gasteiger partial charge in [-0.05, 0) is 0 Å². The van der Waals surface area contributed by atoms with Crippen molar-refractivity contribution in [2.45, 2.75) is 58.0 Å². The minimum absolute atomic E-state index is 0. The number of nitrogens with zero attached hydrogens (tertiary/aromatic N) is 2. The van der Waals surface area contributed by atoms with Crippen LogP contribution in [-0.4, -0.2) is 16.5 Å². The Balaban J connectivity index is 0.00000225. The molecule has 3 rings (SSSR count). The first-order valence-electron chi connectivity index (χ1n) is 10.5. The van der Waals surface area contributed by atoms with Gasteiger partial charge in [-0.2, -0.15) is 18.0 Å². The van der Waals surface area contributed by atoms with Crippen molar-refractivity contribution in [2.75, 3.05) is 0 Å². The molecule has 2 nitrogen and oxygen atoms in total. The van der Waals surface area contributed by atoms with Gasteiger partial charge in [-0.15, -0.1) is 11.4 Å². The fourth-order valence-electron chi connectivity index (χ4n) is 5.84. The standard InChI is InChI=1S/C24H35N2Si2.CH3.Zr/c1-18-19(2)24(28(6,7)26-22-16-12-9-13-17-22)20(3)23(18)27(4,5)25-21-14-10-8-11-15-21;;/h8-19,23-24H,1-7H3;1H3;/q-3;-1;+4. The third-order valence-corrected chi connectivity index (χ3v) is 13.4. The van der Waals surface area contributed by atoms with Gasteiger partial charge in [0.2, 0.25) is 0 Å². The largest absolute Gasteiger partial charge is 4.00 e. The van der Waals surface area contributed by atoms with E-state index in [9.17, 15) is 0 Å². The fraction of sp³-hybridized carbons (Fsp3) is 0.440. The molecule has 2 aromatic rings. The van der Waals surface area contributed by atoms with Gasteiger partial charge in [-0.3, -0.25) is 0 Å². The summed E-state index contributed by atoms with van der Waals surface area (Å²) in [5, 5.41) is 0. The Hall–Kier alpha value is -0.643. The van der Waals surface area contributed by atoms with Crippen LogP contribution < -0.4 is 0 Å². The van der Waals surface area contributed by atoms with Crippen molar-refractivity contribution in [2.24, 2.45) is 11.8 Å². The van der Waals surface area contributed by atoms with E-state index < -0.39 is 16.5 Å². The van der Waals surface area contributed by atoms with E-state index in [0.717, 1.165) is 11.4 Å². The maximum atomic E-state index is 5.31. The Bertz CT molecular complexity index is 702. The summed E-state index contributed by atoms with van der Waals surface area (Å²) in [4.78, 5) is 10.6. The number of rotatable bonds is 6. The fourth-order valence-corrected chi connectivity index (χ4v) is 13.7. The van der Waals surface area contributed by atoms with Crippen molar-refractivity contribution >= 4 is 27.8 Å². The minimum Gasteiger partial charge on any atom is -0.688 e. The zero-order chi connectivity index (χ0) is 20.5.